The van der Waals surface area contributed by atoms with Crippen molar-refractivity contribution in [3.63, 3.8) is 0 Å². The number of hydrogen-bond donors (Lipinski definition) is 2. The van der Waals surface area contributed by atoms with E-state index in [1.54, 1.807) is 34.9 Å². The number of aliphatic imine (C=N–C) groups is 1. The van der Waals surface area contributed by atoms with Crippen molar-refractivity contribution < 1.29 is 13.2 Å². The summed E-state index contributed by atoms with van der Waals surface area (Å²) in [6, 6.07) is 0. The first-order valence-electron chi connectivity index (χ1n) is 8.49. The molecule has 0 aliphatic carbocycles. The zero-order chi connectivity index (χ0) is 18.4. The van der Waals surface area contributed by atoms with Crippen molar-refractivity contribution in [3.05, 3.63) is 0 Å². The molecule has 7 nitrogen and oxygen atoms in total. The fraction of sp³-hybridized carbons (Fsp3) is 0.875. The highest BCUT2D eigenvalue weighted by Gasteiger charge is 2.29. The summed E-state index contributed by atoms with van der Waals surface area (Å²) in [7, 11) is 0.229. The van der Waals surface area contributed by atoms with Gasteiger partial charge in [-0.2, -0.15) is 0 Å². The molecule has 0 saturated carbocycles. The Kier molecular flexibility index (Phi) is 10.3. The third-order valence-corrected chi connectivity index (χ3v) is 7.07. The quantitative estimate of drug-likeness (QED) is 0.345. The van der Waals surface area contributed by atoms with E-state index in [4.69, 9.17) is 0 Å². The Balaban J connectivity index is 0.00000576. The van der Waals surface area contributed by atoms with Crippen molar-refractivity contribution in [1.82, 2.24) is 15.5 Å². The third kappa shape index (κ3) is 7.67. The standard InChI is InChI=1S/C16H32N4O3S.HI/c1-16(2,3)24(22,23)11-8-19-15(18-5)20-9-6-13(7-10-20)12-14(21)17-4;/h13H,6-12H2,1-5H3,(H,17,21)(H,18,19);1H. The molecule has 25 heavy (non-hydrogen) atoms. The van der Waals surface area contributed by atoms with E-state index in [0.717, 1.165) is 31.9 Å². The number of piperidine rings is 1. The Morgan fingerprint density at radius 2 is 1.80 bits per heavy atom. The average molecular weight is 488 g/mol. The zero-order valence-corrected chi connectivity index (χ0v) is 19.1. The Morgan fingerprint density at radius 3 is 2.24 bits per heavy atom. The lowest BCUT2D eigenvalue weighted by atomic mass is 9.93. The molecule has 0 aromatic carbocycles. The summed E-state index contributed by atoms with van der Waals surface area (Å²) in [6.07, 6.45) is 2.45. The van der Waals surface area contributed by atoms with Gasteiger partial charge in [0.05, 0.1) is 10.5 Å². The molecule has 1 amide bonds. The van der Waals surface area contributed by atoms with Crippen molar-refractivity contribution in [2.75, 3.05) is 39.5 Å². The predicted molar refractivity (Wildman–Crippen MR) is 113 cm³/mol. The lowest BCUT2D eigenvalue weighted by Crippen LogP contribution is -2.47. The van der Waals surface area contributed by atoms with Crippen LogP contribution in [-0.4, -0.2) is 69.4 Å². The summed E-state index contributed by atoms with van der Waals surface area (Å²) < 4.78 is 23.5. The number of carbonyl (C=O) groups is 1. The van der Waals surface area contributed by atoms with Crippen LogP contribution >= 0.6 is 24.0 Å². The molecular weight excluding hydrogens is 455 g/mol. The van der Waals surface area contributed by atoms with Gasteiger partial charge in [-0.05, 0) is 39.5 Å². The van der Waals surface area contributed by atoms with Gasteiger partial charge >= 0.3 is 0 Å². The molecule has 1 aliphatic heterocycles. The molecule has 9 heteroatoms. The average Bonchev–Trinajstić information content (AvgIpc) is 2.51. The molecule has 1 heterocycles. The minimum absolute atomic E-state index is 0. The fourth-order valence-electron chi connectivity index (χ4n) is 2.65. The van der Waals surface area contributed by atoms with E-state index in [1.165, 1.54) is 0 Å². The Morgan fingerprint density at radius 1 is 1.24 bits per heavy atom. The highest BCUT2D eigenvalue weighted by molar-refractivity contribution is 14.0. The first-order valence-corrected chi connectivity index (χ1v) is 10.1. The summed E-state index contributed by atoms with van der Waals surface area (Å²) in [6.45, 7) is 7.16. The lowest BCUT2D eigenvalue weighted by molar-refractivity contribution is -0.121. The normalized spacial score (nSPS) is 17.0. The van der Waals surface area contributed by atoms with Gasteiger partial charge in [-0.3, -0.25) is 9.79 Å². The van der Waals surface area contributed by atoms with Crippen molar-refractivity contribution in [3.8, 4) is 0 Å². The van der Waals surface area contributed by atoms with Crippen molar-refractivity contribution in [2.24, 2.45) is 10.9 Å². The first-order chi connectivity index (χ1) is 11.1. The molecule has 148 valence electrons. The maximum atomic E-state index is 12.1. The van der Waals surface area contributed by atoms with Gasteiger partial charge in [0, 0.05) is 40.2 Å². The van der Waals surface area contributed by atoms with Crippen molar-refractivity contribution in [2.45, 2.75) is 44.8 Å². The molecule has 0 aromatic heterocycles. The van der Waals surface area contributed by atoms with Crippen LogP contribution in [0.15, 0.2) is 4.99 Å². The predicted octanol–water partition coefficient (Wildman–Crippen LogP) is 1.24. The number of nitrogens with one attached hydrogen (secondary N) is 2. The zero-order valence-electron chi connectivity index (χ0n) is 16.0. The summed E-state index contributed by atoms with van der Waals surface area (Å²) in [5.74, 6) is 1.31. The van der Waals surface area contributed by atoms with E-state index in [2.05, 4.69) is 20.5 Å². The van der Waals surface area contributed by atoms with Crippen molar-refractivity contribution >= 4 is 45.7 Å². The van der Waals surface area contributed by atoms with Gasteiger partial charge in [-0.15, -0.1) is 24.0 Å². The minimum atomic E-state index is -3.14. The molecule has 1 aliphatic rings. The van der Waals surface area contributed by atoms with Crippen LogP contribution in [0, 0.1) is 5.92 Å². The van der Waals surface area contributed by atoms with Crippen LogP contribution in [0.3, 0.4) is 0 Å². The monoisotopic (exact) mass is 488 g/mol. The fourth-order valence-corrected chi connectivity index (χ4v) is 3.63. The number of guanidine groups is 1. The molecular formula is C16H33IN4O3S. The number of halogens is 1. The maximum Gasteiger partial charge on any atom is 0.220 e. The van der Waals surface area contributed by atoms with Gasteiger partial charge in [0.15, 0.2) is 15.8 Å². The van der Waals surface area contributed by atoms with Gasteiger partial charge in [0.2, 0.25) is 5.91 Å². The smallest absolute Gasteiger partial charge is 0.220 e. The third-order valence-electron chi connectivity index (χ3n) is 4.47. The summed E-state index contributed by atoms with van der Waals surface area (Å²) in [5.41, 5.74) is 0. The number of nitrogens with zero attached hydrogens (tertiary/aromatic N) is 2. The number of amides is 1. The van der Waals surface area contributed by atoms with E-state index in [0.29, 0.717) is 18.9 Å². The van der Waals surface area contributed by atoms with Crippen LogP contribution in [0.5, 0.6) is 0 Å². The SMILES string of the molecule is CN=C(NCCS(=O)(=O)C(C)(C)C)N1CCC(CC(=O)NC)CC1.I. The van der Waals surface area contributed by atoms with Crippen LogP contribution in [0.1, 0.15) is 40.0 Å². The molecule has 0 unspecified atom stereocenters. The second-order valence-electron chi connectivity index (χ2n) is 7.21. The molecule has 0 spiro atoms. The largest absolute Gasteiger partial charge is 0.359 e. The number of likely N-dealkylation sites (tertiary alicyclic amines) is 1. The summed E-state index contributed by atoms with van der Waals surface area (Å²) >= 11 is 0. The molecule has 0 aromatic rings. The molecule has 2 N–H and O–H groups in total. The second-order valence-corrected chi connectivity index (χ2v) is 10.1. The van der Waals surface area contributed by atoms with E-state index >= 15 is 0 Å². The molecule has 1 fully saturated rings. The van der Waals surface area contributed by atoms with E-state index in [-0.39, 0.29) is 35.6 Å². The van der Waals surface area contributed by atoms with Gasteiger partial charge in [0.25, 0.3) is 0 Å². The van der Waals surface area contributed by atoms with Crippen LogP contribution in [0.25, 0.3) is 0 Å². The molecule has 0 atom stereocenters. The highest BCUT2D eigenvalue weighted by atomic mass is 127. The minimum Gasteiger partial charge on any atom is -0.359 e. The summed E-state index contributed by atoms with van der Waals surface area (Å²) in [5, 5.41) is 5.82. The van der Waals surface area contributed by atoms with Crippen LogP contribution in [0.4, 0.5) is 0 Å². The molecule has 1 saturated heterocycles. The Labute approximate surface area is 169 Å². The lowest BCUT2D eigenvalue weighted by Gasteiger charge is -2.34. The van der Waals surface area contributed by atoms with Crippen LogP contribution in [-0.2, 0) is 14.6 Å². The molecule has 0 bridgehead atoms. The summed E-state index contributed by atoms with van der Waals surface area (Å²) in [4.78, 5) is 17.8. The second kappa shape index (κ2) is 10.5. The number of rotatable bonds is 5. The molecule has 0 radical (unpaired) electrons. The topological polar surface area (TPSA) is 90.9 Å². The molecule has 1 rings (SSSR count). The van der Waals surface area contributed by atoms with Gasteiger partial charge in [-0.1, -0.05) is 0 Å². The van der Waals surface area contributed by atoms with E-state index in [1.807, 2.05) is 0 Å². The Hall–Kier alpha value is -0.580. The van der Waals surface area contributed by atoms with Crippen LogP contribution < -0.4 is 10.6 Å². The number of hydrogen-bond acceptors (Lipinski definition) is 4. The number of sulfone groups is 1. The van der Waals surface area contributed by atoms with E-state index in [9.17, 15) is 13.2 Å². The van der Waals surface area contributed by atoms with E-state index < -0.39 is 14.6 Å². The van der Waals surface area contributed by atoms with Crippen LogP contribution in [0.2, 0.25) is 0 Å². The van der Waals surface area contributed by atoms with Gasteiger partial charge in [0.1, 0.15) is 0 Å². The first kappa shape index (κ1) is 24.4. The highest BCUT2D eigenvalue weighted by Crippen LogP contribution is 2.20. The van der Waals surface area contributed by atoms with Gasteiger partial charge in [-0.25, -0.2) is 8.42 Å². The van der Waals surface area contributed by atoms with Gasteiger partial charge < -0.3 is 15.5 Å². The van der Waals surface area contributed by atoms with Crippen molar-refractivity contribution in [1.29, 1.82) is 0 Å². The Bertz CT molecular complexity index is 550. The number of carbonyl (C=O) groups excluding carboxylic acids is 1. The maximum absolute atomic E-state index is 12.1.